The highest BCUT2D eigenvalue weighted by Crippen LogP contribution is 2.34. The van der Waals surface area contributed by atoms with E-state index in [1.54, 1.807) is 35.8 Å². The Balaban J connectivity index is 1.65. The molecule has 1 atom stereocenters. The second kappa shape index (κ2) is 5.72. The number of carbonyl (C=O) groups excluding carboxylic acids is 1. The first kappa shape index (κ1) is 14.8. The van der Waals surface area contributed by atoms with Crippen molar-refractivity contribution in [2.24, 2.45) is 0 Å². The number of thiazole rings is 1. The molecule has 24 heavy (non-hydrogen) atoms. The fourth-order valence-electron chi connectivity index (χ4n) is 2.71. The van der Waals surface area contributed by atoms with E-state index in [9.17, 15) is 4.79 Å². The molecular weight excluding hydrogens is 324 g/mol. The summed E-state index contributed by atoms with van der Waals surface area (Å²) in [5.74, 6) is 0.880. The van der Waals surface area contributed by atoms with Gasteiger partial charge in [0.2, 0.25) is 0 Å². The van der Waals surface area contributed by atoms with E-state index < -0.39 is 0 Å². The van der Waals surface area contributed by atoms with Gasteiger partial charge in [0.15, 0.2) is 16.7 Å². The first-order valence-corrected chi connectivity index (χ1v) is 8.31. The van der Waals surface area contributed by atoms with Crippen LogP contribution < -0.4 is 0 Å². The summed E-state index contributed by atoms with van der Waals surface area (Å²) >= 11 is 1.41. The van der Waals surface area contributed by atoms with E-state index in [1.807, 2.05) is 13.8 Å². The van der Waals surface area contributed by atoms with Crippen LogP contribution in [-0.2, 0) is 6.54 Å². The van der Waals surface area contributed by atoms with Gasteiger partial charge >= 0.3 is 0 Å². The van der Waals surface area contributed by atoms with E-state index in [2.05, 4.69) is 24.9 Å². The van der Waals surface area contributed by atoms with Gasteiger partial charge in [-0.3, -0.25) is 4.79 Å². The number of hydrogen-bond donors (Lipinski definition) is 0. The monoisotopic (exact) mass is 338 g/mol. The molecule has 4 rings (SSSR count). The molecule has 0 bridgehead atoms. The number of fused-ring (bicyclic) bond motifs is 1. The predicted octanol–water partition coefficient (Wildman–Crippen LogP) is 2.42. The lowest BCUT2D eigenvalue weighted by Crippen LogP contribution is -2.28. The van der Waals surface area contributed by atoms with Crippen LogP contribution in [0.25, 0.3) is 11.6 Å². The van der Waals surface area contributed by atoms with Crippen molar-refractivity contribution in [1.29, 1.82) is 0 Å². The summed E-state index contributed by atoms with van der Waals surface area (Å²) in [6, 6.07) is 1.66. The van der Waals surface area contributed by atoms with E-state index in [-0.39, 0.29) is 11.9 Å². The highest BCUT2D eigenvalue weighted by atomic mass is 32.1. The summed E-state index contributed by atoms with van der Waals surface area (Å²) < 4.78 is 0. The molecular formula is C16H14N6OS. The Hall–Kier alpha value is -2.74. The third-order valence-electron chi connectivity index (χ3n) is 3.97. The molecule has 1 aliphatic heterocycles. The molecule has 0 radical (unpaired) electrons. The number of carbonyl (C=O) groups is 1. The van der Waals surface area contributed by atoms with Crippen LogP contribution in [0.15, 0.2) is 30.9 Å². The second-order valence-electron chi connectivity index (χ2n) is 5.55. The van der Waals surface area contributed by atoms with Gasteiger partial charge in [-0.2, -0.15) is 0 Å². The van der Waals surface area contributed by atoms with Gasteiger partial charge in [0.1, 0.15) is 0 Å². The number of nitrogens with zero attached hydrogens (tertiary/aromatic N) is 6. The lowest BCUT2D eigenvalue weighted by atomic mass is 10.1. The Morgan fingerprint density at radius 3 is 2.67 bits per heavy atom. The molecule has 0 aromatic carbocycles. The van der Waals surface area contributed by atoms with Gasteiger partial charge in [0.05, 0.1) is 18.3 Å². The largest absolute Gasteiger partial charge is 0.324 e. The van der Waals surface area contributed by atoms with E-state index in [1.165, 1.54) is 11.3 Å². The fourth-order valence-corrected chi connectivity index (χ4v) is 3.44. The first-order chi connectivity index (χ1) is 11.6. The predicted molar refractivity (Wildman–Crippen MR) is 88.2 cm³/mol. The van der Waals surface area contributed by atoms with Gasteiger partial charge in [0.25, 0.3) is 5.91 Å². The highest BCUT2D eigenvalue weighted by molar-refractivity contribution is 7.13. The minimum atomic E-state index is -0.0811. The van der Waals surface area contributed by atoms with Crippen LogP contribution >= 0.6 is 11.3 Å². The van der Waals surface area contributed by atoms with Crippen LogP contribution in [0.3, 0.4) is 0 Å². The Bertz CT molecular complexity index is 910. The summed E-state index contributed by atoms with van der Waals surface area (Å²) in [5, 5.41) is 0.506. The van der Waals surface area contributed by atoms with E-state index in [0.717, 1.165) is 16.1 Å². The molecule has 3 aromatic rings. The molecule has 0 saturated heterocycles. The van der Waals surface area contributed by atoms with Crippen molar-refractivity contribution in [3.05, 3.63) is 52.0 Å². The lowest BCUT2D eigenvalue weighted by Gasteiger charge is -2.19. The first-order valence-electron chi connectivity index (χ1n) is 7.50. The van der Waals surface area contributed by atoms with Crippen LogP contribution in [0, 0.1) is 6.92 Å². The van der Waals surface area contributed by atoms with Gasteiger partial charge in [-0.1, -0.05) is 0 Å². The van der Waals surface area contributed by atoms with Crippen LogP contribution in [-0.4, -0.2) is 35.7 Å². The van der Waals surface area contributed by atoms with Crippen molar-refractivity contribution in [2.45, 2.75) is 26.4 Å². The quantitative estimate of drug-likeness (QED) is 0.713. The summed E-state index contributed by atoms with van der Waals surface area (Å²) in [6.45, 7) is 4.36. The highest BCUT2D eigenvalue weighted by Gasteiger charge is 2.34. The topological polar surface area (TPSA) is 84.8 Å². The maximum absolute atomic E-state index is 12.7. The molecule has 1 aliphatic rings. The molecule has 0 N–H and O–H groups in total. The second-order valence-corrected chi connectivity index (χ2v) is 6.79. The van der Waals surface area contributed by atoms with Gasteiger partial charge in [-0.15, -0.1) is 11.3 Å². The average Bonchev–Trinajstić information content (AvgIpc) is 3.19. The van der Waals surface area contributed by atoms with Crippen molar-refractivity contribution in [3.8, 4) is 11.6 Å². The Labute approximate surface area is 142 Å². The zero-order valence-corrected chi connectivity index (χ0v) is 14.0. The van der Waals surface area contributed by atoms with Crippen molar-refractivity contribution in [1.82, 2.24) is 29.8 Å². The summed E-state index contributed by atoms with van der Waals surface area (Å²) in [7, 11) is 0. The van der Waals surface area contributed by atoms with Gasteiger partial charge in [-0.25, -0.2) is 24.9 Å². The zero-order chi connectivity index (χ0) is 16.7. The van der Waals surface area contributed by atoms with E-state index >= 15 is 0 Å². The van der Waals surface area contributed by atoms with Crippen molar-refractivity contribution < 1.29 is 4.79 Å². The zero-order valence-electron chi connectivity index (χ0n) is 13.2. The summed E-state index contributed by atoms with van der Waals surface area (Å²) in [4.78, 5) is 36.9. The molecule has 7 nitrogen and oxygen atoms in total. The molecule has 0 spiro atoms. The SMILES string of the molecule is Cc1cnc(C(=O)N2Cc3nc(-c4ncccn4)ncc3C2C)s1. The Morgan fingerprint density at radius 1 is 1.17 bits per heavy atom. The number of aromatic nitrogens is 5. The molecule has 3 aromatic heterocycles. The maximum atomic E-state index is 12.7. The fraction of sp³-hybridized carbons (Fsp3) is 0.250. The number of rotatable bonds is 2. The molecule has 8 heteroatoms. The van der Waals surface area contributed by atoms with E-state index in [4.69, 9.17) is 0 Å². The standard InChI is InChI=1S/C16H14N6OS/c1-9-6-20-15(24-9)16(23)22-8-12-11(10(22)2)7-19-14(21-12)13-17-4-3-5-18-13/h3-7,10H,8H2,1-2H3. The number of hydrogen-bond acceptors (Lipinski definition) is 7. The minimum absolute atomic E-state index is 0.0730. The lowest BCUT2D eigenvalue weighted by molar-refractivity contribution is 0.0703. The molecule has 4 heterocycles. The van der Waals surface area contributed by atoms with Crippen molar-refractivity contribution in [2.75, 3.05) is 0 Å². The average molecular weight is 338 g/mol. The molecule has 120 valence electrons. The molecule has 1 unspecified atom stereocenters. The summed E-state index contributed by atoms with van der Waals surface area (Å²) in [6.07, 6.45) is 6.79. The molecule has 0 fully saturated rings. The Kier molecular flexibility index (Phi) is 3.53. The van der Waals surface area contributed by atoms with Crippen LogP contribution in [0.2, 0.25) is 0 Å². The van der Waals surface area contributed by atoms with Crippen LogP contribution in [0.1, 0.15) is 38.9 Å². The third kappa shape index (κ3) is 2.44. The maximum Gasteiger partial charge on any atom is 0.283 e. The molecule has 1 amide bonds. The van der Waals surface area contributed by atoms with E-state index in [0.29, 0.717) is 23.2 Å². The third-order valence-corrected chi connectivity index (χ3v) is 4.87. The van der Waals surface area contributed by atoms with Crippen molar-refractivity contribution in [3.63, 3.8) is 0 Å². The van der Waals surface area contributed by atoms with Gasteiger partial charge in [0, 0.05) is 35.2 Å². The van der Waals surface area contributed by atoms with Crippen molar-refractivity contribution >= 4 is 17.2 Å². The summed E-state index contributed by atoms with van der Waals surface area (Å²) in [5.41, 5.74) is 1.79. The van der Waals surface area contributed by atoms with Gasteiger partial charge < -0.3 is 4.90 Å². The minimum Gasteiger partial charge on any atom is -0.324 e. The van der Waals surface area contributed by atoms with Crippen LogP contribution in [0.4, 0.5) is 0 Å². The Morgan fingerprint density at radius 2 is 1.96 bits per heavy atom. The van der Waals surface area contributed by atoms with Gasteiger partial charge in [-0.05, 0) is 19.9 Å². The molecule has 0 saturated carbocycles. The number of aryl methyl sites for hydroxylation is 1. The number of amides is 1. The molecule has 0 aliphatic carbocycles. The normalized spacial score (nSPS) is 16.2. The van der Waals surface area contributed by atoms with Crippen LogP contribution in [0.5, 0.6) is 0 Å². The smallest absolute Gasteiger partial charge is 0.283 e.